The van der Waals surface area contributed by atoms with Crippen LogP contribution >= 0.6 is 0 Å². The highest BCUT2D eigenvalue weighted by molar-refractivity contribution is 5.97. The number of β-amino-alcohol motifs (C(OH)–C–C–N with tert-alkyl or cyclic N) is 1. The van der Waals surface area contributed by atoms with Crippen molar-refractivity contribution < 1.29 is 28.9 Å². The Balaban J connectivity index is 0.968. The zero-order valence-corrected chi connectivity index (χ0v) is 31.4. The van der Waals surface area contributed by atoms with Gasteiger partial charge >= 0.3 is 12.1 Å². The molecule has 3 fully saturated rings. The number of carbonyl (C=O) groups is 2. The third kappa shape index (κ3) is 8.63. The first-order valence-electron chi connectivity index (χ1n) is 19.4. The van der Waals surface area contributed by atoms with Crippen molar-refractivity contribution in [3.05, 3.63) is 60.2 Å². The van der Waals surface area contributed by atoms with Crippen LogP contribution in [0.15, 0.2) is 48.8 Å². The molecule has 4 aromatic rings. The number of halogens is 1. The van der Waals surface area contributed by atoms with Gasteiger partial charge in [0.05, 0.1) is 11.8 Å². The summed E-state index contributed by atoms with van der Waals surface area (Å²) in [4.78, 5) is 42.5. The van der Waals surface area contributed by atoms with Crippen LogP contribution in [0, 0.1) is 30.5 Å². The third-order valence-corrected chi connectivity index (χ3v) is 11.5. The van der Waals surface area contributed by atoms with Crippen molar-refractivity contribution in [3.8, 4) is 28.3 Å². The molecule has 0 bridgehead atoms. The van der Waals surface area contributed by atoms with Gasteiger partial charge in [-0.15, -0.1) is 0 Å². The molecular formula is C41H52FN7O5. The highest BCUT2D eigenvalue weighted by Gasteiger charge is 2.34. The zero-order valence-electron chi connectivity index (χ0n) is 31.4. The van der Waals surface area contributed by atoms with E-state index in [1.165, 1.54) is 23.4 Å². The number of nitrogens with zero attached hydrogens (tertiary/aromatic N) is 5. The van der Waals surface area contributed by atoms with Gasteiger partial charge < -0.3 is 40.0 Å². The van der Waals surface area contributed by atoms with Gasteiger partial charge in [-0.3, -0.25) is 0 Å². The monoisotopic (exact) mass is 741 g/mol. The molecule has 0 spiro atoms. The van der Waals surface area contributed by atoms with Gasteiger partial charge in [-0.05, 0) is 117 Å². The minimum atomic E-state index is -0.806. The number of hydrogen-bond acceptors (Lipinski definition) is 7. The number of H-pyrrole nitrogens is 1. The maximum absolute atomic E-state index is 15.1. The number of likely N-dealkylation sites (tertiary alicyclic amines) is 3. The van der Waals surface area contributed by atoms with E-state index < -0.39 is 18.0 Å². The second kappa shape index (κ2) is 16.3. The van der Waals surface area contributed by atoms with E-state index >= 15 is 4.39 Å². The molecule has 7 rings (SSSR count). The van der Waals surface area contributed by atoms with E-state index in [0.29, 0.717) is 59.6 Å². The van der Waals surface area contributed by atoms with E-state index in [2.05, 4.69) is 39.0 Å². The van der Waals surface area contributed by atoms with Gasteiger partial charge in [0.25, 0.3) is 0 Å². The maximum Gasteiger partial charge on any atom is 0.407 e. The van der Waals surface area contributed by atoms with Crippen LogP contribution in [0.1, 0.15) is 57.9 Å². The predicted molar refractivity (Wildman–Crippen MR) is 206 cm³/mol. The molecule has 3 aliphatic rings. The lowest BCUT2D eigenvalue weighted by molar-refractivity contribution is 0.0909. The summed E-state index contributed by atoms with van der Waals surface area (Å²) in [6, 6.07) is 12.4. The number of amides is 3. The Bertz CT molecular complexity index is 1940. The summed E-state index contributed by atoms with van der Waals surface area (Å²) in [6.07, 6.45) is 6.01. The molecule has 2 aromatic carbocycles. The number of carboxylic acid groups (broad SMARTS) is 1. The Hall–Kier alpha value is -4.75. The molecule has 2 atom stereocenters. The van der Waals surface area contributed by atoms with Gasteiger partial charge in [-0.1, -0.05) is 13.8 Å². The summed E-state index contributed by atoms with van der Waals surface area (Å²) in [5.41, 5.74) is 4.54. The van der Waals surface area contributed by atoms with E-state index in [1.807, 2.05) is 37.3 Å². The Morgan fingerprint density at radius 1 is 1.00 bits per heavy atom. The van der Waals surface area contributed by atoms with E-state index in [-0.39, 0.29) is 24.6 Å². The first-order valence-corrected chi connectivity index (χ1v) is 19.4. The fourth-order valence-electron chi connectivity index (χ4n) is 8.35. The number of aliphatic hydroxyl groups is 1. The van der Waals surface area contributed by atoms with Crippen molar-refractivity contribution in [1.29, 1.82) is 0 Å². The van der Waals surface area contributed by atoms with Gasteiger partial charge in [0.2, 0.25) is 0 Å². The van der Waals surface area contributed by atoms with Gasteiger partial charge in [-0.25, -0.2) is 23.9 Å². The summed E-state index contributed by atoms with van der Waals surface area (Å²) < 4.78 is 21.5. The van der Waals surface area contributed by atoms with Gasteiger partial charge in [-0.2, -0.15) is 0 Å². The van der Waals surface area contributed by atoms with Crippen LogP contribution in [-0.4, -0.2) is 110 Å². The first-order chi connectivity index (χ1) is 26.0. The number of aromatic nitrogens is 3. The van der Waals surface area contributed by atoms with E-state index in [4.69, 9.17) is 4.74 Å². The number of carbonyl (C=O) groups excluding carboxylic acids is 1. The Labute approximate surface area is 315 Å². The molecule has 2 aromatic heterocycles. The molecule has 3 saturated heterocycles. The second-order valence-electron chi connectivity index (χ2n) is 15.8. The van der Waals surface area contributed by atoms with Crippen molar-refractivity contribution in [1.82, 2.24) is 29.7 Å². The fraction of sp³-hybridized carbons (Fsp3) is 0.512. The molecule has 3 amide bonds. The number of aromatic amines is 1. The maximum atomic E-state index is 15.1. The summed E-state index contributed by atoms with van der Waals surface area (Å²) in [7, 11) is 0. The molecule has 12 nitrogen and oxygen atoms in total. The summed E-state index contributed by atoms with van der Waals surface area (Å²) in [6.45, 7) is 11.1. The van der Waals surface area contributed by atoms with Crippen LogP contribution < -0.4 is 10.1 Å². The normalized spacial score (nSPS) is 20.3. The van der Waals surface area contributed by atoms with Crippen LogP contribution in [0.4, 0.5) is 19.7 Å². The number of hydrogen-bond donors (Lipinski definition) is 4. The smallest absolute Gasteiger partial charge is 0.407 e. The molecule has 0 saturated carbocycles. The van der Waals surface area contributed by atoms with Crippen LogP contribution in [0.3, 0.4) is 0 Å². The number of ether oxygens (including phenoxy) is 1. The van der Waals surface area contributed by atoms with Crippen LogP contribution in [0.2, 0.25) is 0 Å². The lowest BCUT2D eigenvalue weighted by Gasteiger charge is -2.34. The average Bonchev–Trinajstić information content (AvgIpc) is 3.76. The molecule has 288 valence electrons. The topological polar surface area (TPSA) is 147 Å². The number of urea groups is 1. The van der Waals surface area contributed by atoms with Crippen molar-refractivity contribution in [2.24, 2.45) is 17.8 Å². The van der Waals surface area contributed by atoms with Gasteiger partial charge in [0.15, 0.2) is 0 Å². The van der Waals surface area contributed by atoms with Crippen LogP contribution in [0.5, 0.6) is 5.75 Å². The van der Waals surface area contributed by atoms with Crippen molar-refractivity contribution in [3.63, 3.8) is 0 Å². The number of fused-ring (bicyclic) bond motifs is 1. The molecule has 5 heterocycles. The number of aliphatic hydroxyl groups excluding tert-OH is 1. The quantitative estimate of drug-likeness (QED) is 0.133. The number of benzene rings is 2. The molecule has 4 N–H and O–H groups in total. The molecule has 13 heteroatoms. The Morgan fingerprint density at radius 3 is 2.44 bits per heavy atom. The minimum Gasteiger partial charge on any atom is -0.490 e. The molecule has 0 aliphatic carbocycles. The second-order valence-corrected chi connectivity index (χ2v) is 15.8. The SMILES string of the molecule is Cc1c(NC(=O)N2C[C@H](CC(C)C)[C@@H](O)C2)cc(F)cc1-c1ncnc2[nH]c(-c3ccc(OC4CCN(CCC5CCN(C(=O)O)CC5)CC4)cc3)cc12. The lowest BCUT2D eigenvalue weighted by atomic mass is 9.93. The fourth-order valence-corrected chi connectivity index (χ4v) is 8.35. The van der Waals surface area contributed by atoms with Gasteiger partial charge in [0, 0.05) is 67.5 Å². The number of piperidine rings is 2. The third-order valence-electron chi connectivity index (χ3n) is 11.5. The summed E-state index contributed by atoms with van der Waals surface area (Å²) in [5.74, 6) is 1.35. The highest BCUT2D eigenvalue weighted by atomic mass is 19.1. The van der Waals surface area contributed by atoms with Crippen molar-refractivity contribution in [2.75, 3.05) is 51.1 Å². The standard InChI is InChI=1S/C41H52FN7O5/c1-25(2)18-29-22-49(23-37(29)50)40(51)46-35-20-30(42)19-33(26(35)3)38-34-21-36(45-39(34)44-24-43-38)28-4-6-31(7-5-28)54-32-11-14-47(15-12-32)13-8-27-9-16-48(17-10-27)41(52)53/h4-7,19-21,24-25,27,29,32,37,50H,8-18,22-23H2,1-3H3,(H,46,51)(H,52,53)(H,43,44,45)/t29-,37-/m0/s1. The summed E-state index contributed by atoms with van der Waals surface area (Å²) in [5, 5.41) is 23.3. The van der Waals surface area contributed by atoms with Crippen LogP contribution in [0.25, 0.3) is 33.5 Å². The van der Waals surface area contributed by atoms with E-state index in [1.54, 1.807) is 4.90 Å². The highest BCUT2D eigenvalue weighted by Crippen LogP contribution is 2.36. The van der Waals surface area contributed by atoms with Gasteiger partial charge in [0.1, 0.15) is 29.6 Å². The number of rotatable bonds is 10. The molecule has 0 unspecified atom stereocenters. The predicted octanol–water partition coefficient (Wildman–Crippen LogP) is 7.23. The Kier molecular flexibility index (Phi) is 11.4. The summed E-state index contributed by atoms with van der Waals surface area (Å²) >= 11 is 0. The van der Waals surface area contributed by atoms with E-state index in [0.717, 1.165) is 80.6 Å². The molecular weight excluding hydrogens is 689 g/mol. The largest absolute Gasteiger partial charge is 0.490 e. The Morgan fingerprint density at radius 2 is 1.74 bits per heavy atom. The lowest BCUT2D eigenvalue weighted by Crippen LogP contribution is -2.41. The van der Waals surface area contributed by atoms with Crippen LogP contribution in [-0.2, 0) is 0 Å². The first kappa shape index (κ1) is 37.6. The number of nitrogens with one attached hydrogen (secondary N) is 2. The van der Waals surface area contributed by atoms with Crippen molar-refractivity contribution >= 4 is 28.8 Å². The zero-order chi connectivity index (χ0) is 37.9. The molecule has 0 radical (unpaired) electrons. The van der Waals surface area contributed by atoms with Crippen molar-refractivity contribution in [2.45, 2.75) is 71.5 Å². The number of anilines is 1. The molecule has 3 aliphatic heterocycles. The van der Waals surface area contributed by atoms with E-state index in [9.17, 15) is 19.8 Å². The minimum absolute atomic E-state index is 0.0184. The molecule has 54 heavy (non-hydrogen) atoms. The average molecular weight is 742 g/mol.